The Morgan fingerprint density at radius 2 is 2.31 bits per heavy atom. The molecule has 1 rings (SSSR count). The molecular weight excluding hydrogens is 186 g/mol. The van der Waals surface area contributed by atoms with Gasteiger partial charge in [0, 0.05) is 18.6 Å². The highest BCUT2D eigenvalue weighted by atomic mass is 35.5. The Balaban J connectivity index is 2.31. The van der Waals surface area contributed by atoms with Crippen LogP contribution in [0.1, 0.15) is 31.9 Å². The maximum absolute atomic E-state index is 5.58. The van der Waals surface area contributed by atoms with Crippen molar-refractivity contribution < 1.29 is 0 Å². The molecule has 0 saturated carbocycles. The van der Waals surface area contributed by atoms with Gasteiger partial charge in [-0.15, -0.1) is 16.7 Å². The lowest BCUT2D eigenvalue weighted by Crippen LogP contribution is -1.96. The van der Waals surface area contributed by atoms with Crippen molar-refractivity contribution in [2.24, 2.45) is 0 Å². The number of aryl methyl sites for hydroxylation is 2. The van der Waals surface area contributed by atoms with Gasteiger partial charge >= 0.3 is 0 Å². The van der Waals surface area contributed by atoms with Crippen LogP contribution < -0.4 is 0 Å². The fraction of sp³-hybridized carbons (Fsp3) is 0.778. The third-order valence-corrected chi connectivity index (χ3v) is 2.12. The minimum Gasteiger partial charge on any atom is -0.252 e. The Bertz CT molecular complexity index is 235. The van der Waals surface area contributed by atoms with Crippen LogP contribution in [0.2, 0.25) is 0 Å². The lowest BCUT2D eigenvalue weighted by Gasteiger charge is -1.93. The molecule has 13 heavy (non-hydrogen) atoms. The van der Waals surface area contributed by atoms with Crippen molar-refractivity contribution in [3.63, 3.8) is 0 Å². The Morgan fingerprint density at radius 1 is 1.46 bits per heavy atom. The van der Waals surface area contributed by atoms with Gasteiger partial charge in [0.25, 0.3) is 0 Å². The molecule has 0 aliphatic heterocycles. The van der Waals surface area contributed by atoms with Gasteiger partial charge in [0.15, 0.2) is 0 Å². The van der Waals surface area contributed by atoms with Crippen LogP contribution in [-0.4, -0.2) is 20.9 Å². The highest BCUT2D eigenvalue weighted by Gasteiger charge is 1.98. The van der Waals surface area contributed by atoms with E-state index in [0.29, 0.717) is 0 Å². The van der Waals surface area contributed by atoms with E-state index in [4.69, 9.17) is 11.6 Å². The fourth-order valence-electron chi connectivity index (χ4n) is 1.19. The first-order chi connectivity index (χ1) is 6.36. The van der Waals surface area contributed by atoms with Crippen LogP contribution in [0, 0.1) is 0 Å². The number of rotatable bonds is 6. The van der Waals surface area contributed by atoms with Gasteiger partial charge in [0.1, 0.15) is 0 Å². The number of alkyl halides is 1. The summed E-state index contributed by atoms with van der Waals surface area (Å²) in [5.41, 5.74) is 1.08. The van der Waals surface area contributed by atoms with E-state index in [2.05, 4.69) is 17.2 Å². The standard InChI is InChI=1S/C9H16ClN3/c1-2-7-13-8-9(11-12-13)5-3-4-6-10/h8H,2-7H2,1H3. The van der Waals surface area contributed by atoms with Crippen molar-refractivity contribution >= 4 is 11.6 Å². The van der Waals surface area contributed by atoms with Crippen molar-refractivity contribution in [3.05, 3.63) is 11.9 Å². The third-order valence-electron chi connectivity index (χ3n) is 1.86. The van der Waals surface area contributed by atoms with Crippen LogP contribution in [0.5, 0.6) is 0 Å². The fourth-order valence-corrected chi connectivity index (χ4v) is 1.38. The molecule has 0 aromatic carbocycles. The topological polar surface area (TPSA) is 30.7 Å². The molecule has 1 aromatic rings. The number of nitrogens with zero attached hydrogens (tertiary/aromatic N) is 3. The zero-order valence-corrected chi connectivity index (χ0v) is 8.80. The first-order valence-corrected chi connectivity index (χ1v) is 5.35. The molecule has 0 spiro atoms. The maximum atomic E-state index is 5.58. The smallest absolute Gasteiger partial charge is 0.0827 e. The highest BCUT2D eigenvalue weighted by molar-refractivity contribution is 6.17. The molecule has 0 aliphatic carbocycles. The average molecular weight is 202 g/mol. The van der Waals surface area contributed by atoms with Crippen LogP contribution in [0.25, 0.3) is 0 Å². The van der Waals surface area contributed by atoms with Crippen LogP contribution in [0.15, 0.2) is 6.20 Å². The Hall–Kier alpha value is -0.570. The number of halogens is 1. The summed E-state index contributed by atoms with van der Waals surface area (Å²) in [5, 5.41) is 8.09. The predicted octanol–water partition coefficient (Wildman–Crippen LogP) is 2.25. The normalized spacial score (nSPS) is 10.6. The summed E-state index contributed by atoms with van der Waals surface area (Å²) in [5.74, 6) is 0.739. The molecule has 0 fully saturated rings. The van der Waals surface area contributed by atoms with E-state index in [1.165, 1.54) is 0 Å². The van der Waals surface area contributed by atoms with Gasteiger partial charge in [-0.1, -0.05) is 12.1 Å². The van der Waals surface area contributed by atoms with Gasteiger partial charge in [-0.05, 0) is 25.7 Å². The van der Waals surface area contributed by atoms with E-state index in [1.807, 2.05) is 10.9 Å². The van der Waals surface area contributed by atoms with E-state index >= 15 is 0 Å². The van der Waals surface area contributed by atoms with Crippen molar-refractivity contribution in [2.45, 2.75) is 39.2 Å². The predicted molar refractivity (Wildman–Crippen MR) is 54.0 cm³/mol. The minimum absolute atomic E-state index is 0.739. The molecule has 4 heteroatoms. The van der Waals surface area contributed by atoms with Crippen molar-refractivity contribution in [1.82, 2.24) is 15.0 Å². The average Bonchev–Trinajstić information content (AvgIpc) is 2.54. The Kier molecular flexibility index (Phi) is 4.83. The zero-order valence-electron chi connectivity index (χ0n) is 8.04. The second kappa shape index (κ2) is 5.97. The van der Waals surface area contributed by atoms with Crippen LogP contribution in [0.4, 0.5) is 0 Å². The molecule has 0 bridgehead atoms. The summed E-state index contributed by atoms with van der Waals surface area (Å²) in [7, 11) is 0. The molecule has 0 amide bonds. The maximum Gasteiger partial charge on any atom is 0.0827 e. The molecule has 1 aromatic heterocycles. The van der Waals surface area contributed by atoms with E-state index in [1.54, 1.807) is 0 Å². The monoisotopic (exact) mass is 201 g/mol. The van der Waals surface area contributed by atoms with Gasteiger partial charge in [-0.3, -0.25) is 4.68 Å². The van der Waals surface area contributed by atoms with Gasteiger partial charge < -0.3 is 0 Å². The molecule has 0 atom stereocenters. The molecule has 0 saturated heterocycles. The molecule has 3 nitrogen and oxygen atoms in total. The largest absolute Gasteiger partial charge is 0.252 e. The molecule has 0 unspecified atom stereocenters. The number of hydrogen-bond acceptors (Lipinski definition) is 2. The molecular formula is C9H16ClN3. The SMILES string of the molecule is CCCn1cc(CCCCCl)nn1. The summed E-state index contributed by atoms with van der Waals surface area (Å²) < 4.78 is 1.90. The first kappa shape index (κ1) is 10.5. The van der Waals surface area contributed by atoms with Crippen LogP contribution in [-0.2, 0) is 13.0 Å². The quantitative estimate of drug-likeness (QED) is 0.522. The Labute approximate surface area is 84.1 Å². The highest BCUT2D eigenvalue weighted by Crippen LogP contribution is 2.02. The minimum atomic E-state index is 0.739. The number of aromatic nitrogens is 3. The lowest BCUT2D eigenvalue weighted by atomic mass is 10.2. The summed E-state index contributed by atoms with van der Waals surface area (Å²) in [6, 6.07) is 0. The Morgan fingerprint density at radius 3 is 3.00 bits per heavy atom. The third kappa shape index (κ3) is 3.77. The summed E-state index contributed by atoms with van der Waals surface area (Å²) in [4.78, 5) is 0. The number of hydrogen-bond donors (Lipinski definition) is 0. The van der Waals surface area contributed by atoms with Crippen molar-refractivity contribution in [3.8, 4) is 0 Å². The summed E-state index contributed by atoms with van der Waals surface area (Å²) >= 11 is 5.58. The van der Waals surface area contributed by atoms with E-state index < -0.39 is 0 Å². The second-order valence-electron chi connectivity index (χ2n) is 3.12. The van der Waals surface area contributed by atoms with Gasteiger partial charge in [-0.25, -0.2) is 0 Å². The summed E-state index contributed by atoms with van der Waals surface area (Å²) in [6.45, 7) is 3.09. The van der Waals surface area contributed by atoms with Crippen LogP contribution in [0.3, 0.4) is 0 Å². The van der Waals surface area contributed by atoms with Crippen molar-refractivity contribution in [1.29, 1.82) is 0 Å². The van der Waals surface area contributed by atoms with E-state index in [0.717, 1.165) is 43.8 Å². The number of unbranched alkanes of at least 4 members (excludes halogenated alkanes) is 1. The molecule has 1 heterocycles. The lowest BCUT2D eigenvalue weighted by molar-refractivity contribution is 0.578. The first-order valence-electron chi connectivity index (χ1n) is 4.81. The van der Waals surface area contributed by atoms with E-state index in [-0.39, 0.29) is 0 Å². The van der Waals surface area contributed by atoms with Crippen molar-refractivity contribution in [2.75, 3.05) is 5.88 Å². The van der Waals surface area contributed by atoms with Crippen LogP contribution >= 0.6 is 11.6 Å². The molecule has 74 valence electrons. The summed E-state index contributed by atoms with van der Waals surface area (Å²) in [6.07, 6.45) is 6.29. The van der Waals surface area contributed by atoms with Gasteiger partial charge in [-0.2, -0.15) is 0 Å². The molecule has 0 aliphatic rings. The second-order valence-corrected chi connectivity index (χ2v) is 3.50. The molecule has 0 N–H and O–H groups in total. The zero-order chi connectivity index (χ0) is 9.52. The van der Waals surface area contributed by atoms with Gasteiger partial charge in [0.05, 0.1) is 5.69 Å². The van der Waals surface area contributed by atoms with Gasteiger partial charge in [0.2, 0.25) is 0 Å². The van der Waals surface area contributed by atoms with E-state index in [9.17, 15) is 0 Å². The molecule has 0 radical (unpaired) electrons.